The number of unbranched alkanes of at least 4 members (excludes halogenated alkanes) is 3. The van der Waals surface area contributed by atoms with Crippen LogP contribution in [0.2, 0.25) is 0 Å². The molecule has 0 saturated carbocycles. The van der Waals surface area contributed by atoms with Gasteiger partial charge < -0.3 is 9.47 Å². The second-order valence-corrected chi connectivity index (χ2v) is 3.22. The molecule has 0 amide bonds. The van der Waals surface area contributed by atoms with Gasteiger partial charge in [-0.15, -0.1) is 0 Å². The molecule has 0 aliphatic rings. The van der Waals surface area contributed by atoms with Gasteiger partial charge in [0, 0.05) is 26.4 Å². The SMILES string of the molecule is CCCCCOCCCCOCC. The Morgan fingerprint density at radius 1 is 0.692 bits per heavy atom. The molecular weight excluding hydrogens is 164 g/mol. The number of hydrogen-bond acceptors (Lipinski definition) is 2. The van der Waals surface area contributed by atoms with Gasteiger partial charge in [-0.3, -0.25) is 0 Å². The van der Waals surface area contributed by atoms with Crippen molar-refractivity contribution in [3.05, 3.63) is 0 Å². The normalized spacial score (nSPS) is 10.6. The minimum Gasteiger partial charge on any atom is -0.382 e. The fourth-order valence-electron chi connectivity index (χ4n) is 1.11. The van der Waals surface area contributed by atoms with E-state index in [0.29, 0.717) is 0 Å². The molecule has 0 aromatic heterocycles. The van der Waals surface area contributed by atoms with Gasteiger partial charge in [-0.2, -0.15) is 0 Å². The van der Waals surface area contributed by atoms with Crippen molar-refractivity contribution >= 4 is 0 Å². The first-order valence-electron chi connectivity index (χ1n) is 5.57. The molecule has 0 aromatic carbocycles. The maximum absolute atomic E-state index is 5.46. The first-order valence-corrected chi connectivity index (χ1v) is 5.57. The van der Waals surface area contributed by atoms with Crippen LogP contribution in [0, 0.1) is 0 Å². The summed E-state index contributed by atoms with van der Waals surface area (Å²) in [5.41, 5.74) is 0. The van der Waals surface area contributed by atoms with Crippen LogP contribution in [-0.4, -0.2) is 26.4 Å². The summed E-state index contributed by atoms with van der Waals surface area (Å²) < 4.78 is 10.7. The highest BCUT2D eigenvalue weighted by atomic mass is 16.5. The van der Waals surface area contributed by atoms with Crippen molar-refractivity contribution in [1.29, 1.82) is 0 Å². The fourth-order valence-corrected chi connectivity index (χ4v) is 1.11. The molecule has 0 heterocycles. The summed E-state index contributed by atoms with van der Waals surface area (Å²) in [7, 11) is 0. The minimum absolute atomic E-state index is 0.831. The van der Waals surface area contributed by atoms with E-state index in [1.807, 2.05) is 6.92 Å². The molecule has 2 nitrogen and oxygen atoms in total. The van der Waals surface area contributed by atoms with E-state index in [0.717, 1.165) is 39.3 Å². The Balaban J connectivity index is 2.76. The Kier molecular flexibility index (Phi) is 11.8. The molecule has 0 spiro atoms. The lowest BCUT2D eigenvalue weighted by Gasteiger charge is -2.03. The monoisotopic (exact) mass is 188 g/mol. The van der Waals surface area contributed by atoms with Gasteiger partial charge in [0.05, 0.1) is 0 Å². The highest BCUT2D eigenvalue weighted by Crippen LogP contribution is 1.96. The van der Waals surface area contributed by atoms with Crippen molar-refractivity contribution in [2.24, 2.45) is 0 Å². The van der Waals surface area contributed by atoms with Crippen LogP contribution >= 0.6 is 0 Å². The topological polar surface area (TPSA) is 18.5 Å². The zero-order chi connectivity index (χ0) is 9.78. The van der Waals surface area contributed by atoms with Crippen LogP contribution in [0.3, 0.4) is 0 Å². The fraction of sp³-hybridized carbons (Fsp3) is 1.00. The smallest absolute Gasteiger partial charge is 0.0466 e. The Hall–Kier alpha value is -0.0800. The third-order valence-corrected chi connectivity index (χ3v) is 1.92. The lowest BCUT2D eigenvalue weighted by molar-refractivity contribution is 0.106. The number of rotatable bonds is 10. The van der Waals surface area contributed by atoms with Crippen LogP contribution in [0.15, 0.2) is 0 Å². The van der Waals surface area contributed by atoms with E-state index in [-0.39, 0.29) is 0 Å². The minimum atomic E-state index is 0.831. The molecule has 0 aliphatic carbocycles. The standard InChI is InChI=1S/C11H24O2/c1-3-5-6-10-13-11-8-7-9-12-4-2/h3-11H2,1-2H3. The van der Waals surface area contributed by atoms with E-state index < -0.39 is 0 Å². The van der Waals surface area contributed by atoms with Gasteiger partial charge in [-0.1, -0.05) is 19.8 Å². The second-order valence-electron chi connectivity index (χ2n) is 3.22. The first-order chi connectivity index (χ1) is 6.41. The molecule has 0 atom stereocenters. The van der Waals surface area contributed by atoms with E-state index in [2.05, 4.69) is 6.92 Å². The summed E-state index contributed by atoms with van der Waals surface area (Å²) >= 11 is 0. The molecule has 0 radical (unpaired) electrons. The Bertz CT molecular complexity index is 74.2. The summed E-state index contributed by atoms with van der Waals surface area (Å²) in [6.45, 7) is 7.79. The molecule has 0 saturated heterocycles. The first kappa shape index (κ1) is 12.9. The van der Waals surface area contributed by atoms with Crippen LogP contribution in [0.25, 0.3) is 0 Å². The molecule has 0 unspecified atom stereocenters. The Labute approximate surface area is 82.6 Å². The van der Waals surface area contributed by atoms with Crippen molar-refractivity contribution in [2.45, 2.75) is 46.0 Å². The predicted octanol–water partition coefficient (Wildman–Crippen LogP) is 3.01. The van der Waals surface area contributed by atoms with Gasteiger partial charge in [0.2, 0.25) is 0 Å². The van der Waals surface area contributed by atoms with Crippen LogP contribution in [0.4, 0.5) is 0 Å². The zero-order valence-electron chi connectivity index (χ0n) is 9.18. The van der Waals surface area contributed by atoms with Gasteiger partial charge in [0.25, 0.3) is 0 Å². The van der Waals surface area contributed by atoms with Gasteiger partial charge >= 0.3 is 0 Å². The van der Waals surface area contributed by atoms with Crippen LogP contribution < -0.4 is 0 Å². The maximum atomic E-state index is 5.46. The van der Waals surface area contributed by atoms with Crippen molar-refractivity contribution in [1.82, 2.24) is 0 Å². The molecule has 0 N–H and O–H groups in total. The zero-order valence-corrected chi connectivity index (χ0v) is 9.18. The molecule has 13 heavy (non-hydrogen) atoms. The highest BCUT2D eigenvalue weighted by Gasteiger charge is 1.90. The summed E-state index contributed by atoms with van der Waals surface area (Å²) in [6.07, 6.45) is 6.03. The lowest BCUT2D eigenvalue weighted by Crippen LogP contribution is -1.99. The molecule has 0 bridgehead atoms. The summed E-state index contributed by atoms with van der Waals surface area (Å²) in [6, 6.07) is 0. The quantitative estimate of drug-likeness (QED) is 0.491. The Morgan fingerprint density at radius 3 is 1.77 bits per heavy atom. The number of ether oxygens (including phenoxy) is 2. The van der Waals surface area contributed by atoms with Gasteiger partial charge in [0.1, 0.15) is 0 Å². The lowest BCUT2D eigenvalue weighted by atomic mass is 10.3. The highest BCUT2D eigenvalue weighted by molar-refractivity contribution is 4.39. The molecule has 80 valence electrons. The molecular formula is C11H24O2. The Morgan fingerprint density at radius 2 is 1.23 bits per heavy atom. The second kappa shape index (κ2) is 11.9. The van der Waals surface area contributed by atoms with Crippen molar-refractivity contribution in [3.63, 3.8) is 0 Å². The van der Waals surface area contributed by atoms with Gasteiger partial charge in [-0.05, 0) is 26.2 Å². The van der Waals surface area contributed by atoms with E-state index in [1.54, 1.807) is 0 Å². The van der Waals surface area contributed by atoms with Crippen molar-refractivity contribution in [3.8, 4) is 0 Å². The third kappa shape index (κ3) is 11.9. The van der Waals surface area contributed by atoms with E-state index in [1.165, 1.54) is 19.3 Å². The van der Waals surface area contributed by atoms with Gasteiger partial charge in [0.15, 0.2) is 0 Å². The van der Waals surface area contributed by atoms with E-state index in [4.69, 9.17) is 9.47 Å². The maximum Gasteiger partial charge on any atom is 0.0466 e. The largest absolute Gasteiger partial charge is 0.382 e. The van der Waals surface area contributed by atoms with E-state index in [9.17, 15) is 0 Å². The average Bonchev–Trinajstić information content (AvgIpc) is 2.16. The molecule has 2 heteroatoms. The van der Waals surface area contributed by atoms with E-state index >= 15 is 0 Å². The van der Waals surface area contributed by atoms with Gasteiger partial charge in [-0.25, -0.2) is 0 Å². The summed E-state index contributed by atoms with van der Waals surface area (Å²) in [5, 5.41) is 0. The summed E-state index contributed by atoms with van der Waals surface area (Å²) in [4.78, 5) is 0. The molecule has 0 fully saturated rings. The average molecular weight is 188 g/mol. The van der Waals surface area contributed by atoms with Crippen LogP contribution in [-0.2, 0) is 9.47 Å². The van der Waals surface area contributed by atoms with Crippen LogP contribution in [0.5, 0.6) is 0 Å². The van der Waals surface area contributed by atoms with Crippen LogP contribution in [0.1, 0.15) is 46.0 Å². The molecule has 0 aromatic rings. The molecule has 0 aliphatic heterocycles. The van der Waals surface area contributed by atoms with Crippen molar-refractivity contribution < 1.29 is 9.47 Å². The third-order valence-electron chi connectivity index (χ3n) is 1.92. The molecule has 0 rings (SSSR count). The predicted molar refractivity (Wildman–Crippen MR) is 56.1 cm³/mol. The summed E-state index contributed by atoms with van der Waals surface area (Å²) in [5.74, 6) is 0. The van der Waals surface area contributed by atoms with Crippen molar-refractivity contribution in [2.75, 3.05) is 26.4 Å². The number of hydrogen-bond donors (Lipinski definition) is 0.